The summed E-state index contributed by atoms with van der Waals surface area (Å²) in [6.07, 6.45) is 1.53. The molecule has 0 atom stereocenters. The summed E-state index contributed by atoms with van der Waals surface area (Å²) in [6, 6.07) is 23.4. The number of rotatable bonds is 8. The molecule has 36 heavy (non-hydrogen) atoms. The summed E-state index contributed by atoms with van der Waals surface area (Å²) in [5, 5.41) is 13.7. The lowest BCUT2D eigenvalue weighted by Gasteiger charge is -2.37. The fourth-order valence-electron chi connectivity index (χ4n) is 4.62. The first-order chi connectivity index (χ1) is 17.5. The van der Waals surface area contributed by atoms with Crippen LogP contribution in [0.25, 0.3) is 0 Å². The van der Waals surface area contributed by atoms with Gasteiger partial charge in [0.1, 0.15) is 0 Å². The van der Waals surface area contributed by atoms with Crippen LogP contribution in [0, 0.1) is 11.3 Å². The van der Waals surface area contributed by atoms with Gasteiger partial charge in [-0.1, -0.05) is 41.9 Å². The lowest BCUT2D eigenvalue weighted by molar-refractivity contribution is 0.0951. The normalized spacial score (nSPS) is 15.1. The molecule has 0 aliphatic carbocycles. The van der Waals surface area contributed by atoms with Crippen molar-refractivity contribution in [3.05, 3.63) is 94.0 Å². The number of benzene rings is 3. The number of hydrogen-bond acceptors (Lipinski definition) is 5. The van der Waals surface area contributed by atoms with Crippen LogP contribution in [0.2, 0.25) is 5.02 Å². The second-order valence-corrected chi connectivity index (χ2v) is 9.48. The molecule has 1 heterocycles. The summed E-state index contributed by atoms with van der Waals surface area (Å²) in [5.41, 5.74) is 3.24. The molecule has 0 aromatic heterocycles. The van der Waals surface area contributed by atoms with Crippen LogP contribution in [0.4, 0.5) is 0 Å². The Balaban J connectivity index is 1.34. The maximum absolute atomic E-state index is 12.4. The van der Waals surface area contributed by atoms with Gasteiger partial charge in [0.05, 0.1) is 25.7 Å². The SMILES string of the molecule is COc1ccc(CN2CCC(C#N)(c3ccc(CNC(=O)c4ccc(Cl)cc4)cc3)CC2)cc1OC. The zero-order valence-electron chi connectivity index (χ0n) is 20.6. The summed E-state index contributed by atoms with van der Waals surface area (Å²) in [5.74, 6) is 1.30. The van der Waals surface area contributed by atoms with Gasteiger partial charge in [-0.25, -0.2) is 0 Å². The van der Waals surface area contributed by atoms with E-state index in [1.807, 2.05) is 36.4 Å². The van der Waals surface area contributed by atoms with E-state index < -0.39 is 5.41 Å². The van der Waals surface area contributed by atoms with Crippen molar-refractivity contribution in [1.82, 2.24) is 10.2 Å². The van der Waals surface area contributed by atoms with E-state index in [0.29, 0.717) is 17.1 Å². The molecule has 0 unspecified atom stereocenters. The van der Waals surface area contributed by atoms with Crippen molar-refractivity contribution in [3.63, 3.8) is 0 Å². The van der Waals surface area contributed by atoms with E-state index in [2.05, 4.69) is 22.4 Å². The third kappa shape index (κ3) is 5.81. The standard InChI is InChI=1S/C29H30ClN3O3/c1-35-26-12-5-22(17-27(26)36-2)19-33-15-13-29(20-31,14-16-33)24-8-3-21(4-9-24)18-32-28(34)23-6-10-25(30)11-7-23/h3-12,17H,13-16,18-19H2,1-2H3,(H,32,34). The number of methoxy groups -OCH3 is 2. The zero-order valence-corrected chi connectivity index (χ0v) is 21.3. The van der Waals surface area contributed by atoms with Crippen LogP contribution in [-0.2, 0) is 18.5 Å². The van der Waals surface area contributed by atoms with Gasteiger partial charge in [-0.15, -0.1) is 0 Å². The first kappa shape index (κ1) is 25.6. The van der Waals surface area contributed by atoms with E-state index in [-0.39, 0.29) is 5.91 Å². The Bertz CT molecular complexity index is 1230. The highest BCUT2D eigenvalue weighted by Gasteiger charge is 2.36. The molecule has 7 heteroatoms. The van der Waals surface area contributed by atoms with Crippen LogP contribution >= 0.6 is 11.6 Å². The van der Waals surface area contributed by atoms with Gasteiger partial charge in [-0.2, -0.15) is 5.26 Å². The molecule has 6 nitrogen and oxygen atoms in total. The van der Waals surface area contributed by atoms with Crippen LogP contribution in [0.5, 0.6) is 11.5 Å². The van der Waals surface area contributed by atoms with Crippen molar-refractivity contribution in [2.45, 2.75) is 31.3 Å². The first-order valence-electron chi connectivity index (χ1n) is 11.9. The number of nitrogens with zero attached hydrogens (tertiary/aromatic N) is 2. The Kier molecular flexibility index (Phi) is 8.14. The molecule has 0 radical (unpaired) electrons. The van der Waals surface area contributed by atoms with Crippen molar-refractivity contribution in [1.29, 1.82) is 5.26 Å². The number of nitrogens with one attached hydrogen (secondary N) is 1. The zero-order chi connectivity index (χ0) is 25.5. The highest BCUT2D eigenvalue weighted by molar-refractivity contribution is 6.30. The number of nitriles is 1. The number of carbonyl (C=O) groups is 1. The molecule has 1 N–H and O–H groups in total. The minimum atomic E-state index is -0.501. The average molecular weight is 504 g/mol. The number of hydrogen-bond donors (Lipinski definition) is 1. The first-order valence-corrected chi connectivity index (χ1v) is 12.3. The van der Waals surface area contributed by atoms with Gasteiger partial charge in [-0.05, 0) is 65.9 Å². The Morgan fingerprint density at radius 2 is 1.61 bits per heavy atom. The average Bonchev–Trinajstić information content (AvgIpc) is 2.93. The molecular formula is C29H30ClN3O3. The van der Waals surface area contributed by atoms with Crippen molar-refractivity contribution < 1.29 is 14.3 Å². The third-order valence-electron chi connectivity index (χ3n) is 6.84. The van der Waals surface area contributed by atoms with Crippen LogP contribution in [0.15, 0.2) is 66.7 Å². The minimum Gasteiger partial charge on any atom is -0.493 e. The summed E-state index contributed by atoms with van der Waals surface area (Å²) in [4.78, 5) is 14.7. The molecule has 0 bridgehead atoms. The molecule has 1 amide bonds. The summed E-state index contributed by atoms with van der Waals surface area (Å²) in [7, 11) is 3.27. The fourth-order valence-corrected chi connectivity index (χ4v) is 4.75. The van der Waals surface area contributed by atoms with Gasteiger partial charge in [0, 0.05) is 36.8 Å². The molecule has 0 spiro atoms. The van der Waals surface area contributed by atoms with Crippen molar-refractivity contribution in [2.24, 2.45) is 0 Å². The van der Waals surface area contributed by atoms with E-state index in [1.54, 1.807) is 38.5 Å². The maximum Gasteiger partial charge on any atom is 0.251 e. The van der Waals surface area contributed by atoms with Gasteiger partial charge in [0.25, 0.3) is 5.91 Å². The molecule has 3 aromatic rings. The van der Waals surface area contributed by atoms with Gasteiger partial charge >= 0.3 is 0 Å². The molecule has 1 saturated heterocycles. The van der Waals surface area contributed by atoms with Crippen molar-refractivity contribution >= 4 is 17.5 Å². The van der Waals surface area contributed by atoms with E-state index >= 15 is 0 Å². The smallest absolute Gasteiger partial charge is 0.251 e. The van der Waals surface area contributed by atoms with E-state index in [9.17, 15) is 10.1 Å². The topological polar surface area (TPSA) is 74.6 Å². The number of carbonyl (C=O) groups excluding carboxylic acids is 1. The van der Waals surface area contributed by atoms with Gasteiger partial charge in [-0.3, -0.25) is 9.69 Å². The predicted octanol–water partition coefficient (Wildman–Crippen LogP) is 5.34. The number of amides is 1. The number of piperidine rings is 1. The van der Waals surface area contributed by atoms with Gasteiger partial charge in [0.15, 0.2) is 11.5 Å². The summed E-state index contributed by atoms with van der Waals surface area (Å²) in [6.45, 7) is 2.89. The van der Waals surface area contributed by atoms with Crippen LogP contribution < -0.4 is 14.8 Å². The quantitative estimate of drug-likeness (QED) is 0.449. The van der Waals surface area contributed by atoms with Gasteiger partial charge < -0.3 is 14.8 Å². The molecule has 1 fully saturated rings. The molecule has 4 rings (SSSR count). The Labute approximate surface area is 217 Å². The van der Waals surface area contributed by atoms with E-state index in [1.165, 1.54) is 0 Å². The van der Waals surface area contributed by atoms with E-state index in [4.69, 9.17) is 21.1 Å². The van der Waals surface area contributed by atoms with Crippen molar-refractivity contribution in [3.8, 4) is 17.6 Å². The number of halogens is 1. The molecular weight excluding hydrogens is 474 g/mol. The van der Waals surface area contributed by atoms with Crippen molar-refractivity contribution in [2.75, 3.05) is 27.3 Å². The lowest BCUT2D eigenvalue weighted by atomic mass is 9.74. The number of likely N-dealkylation sites (tertiary alicyclic amines) is 1. The summed E-state index contributed by atoms with van der Waals surface area (Å²) >= 11 is 5.89. The van der Waals surface area contributed by atoms with E-state index in [0.717, 1.165) is 60.7 Å². The Morgan fingerprint density at radius 1 is 0.972 bits per heavy atom. The Morgan fingerprint density at radius 3 is 2.22 bits per heavy atom. The molecule has 1 aliphatic heterocycles. The minimum absolute atomic E-state index is 0.147. The molecule has 3 aromatic carbocycles. The highest BCUT2D eigenvalue weighted by atomic mass is 35.5. The van der Waals surface area contributed by atoms with Crippen LogP contribution in [0.3, 0.4) is 0 Å². The molecule has 186 valence electrons. The summed E-state index contributed by atoms with van der Waals surface area (Å²) < 4.78 is 10.8. The maximum atomic E-state index is 12.4. The second kappa shape index (κ2) is 11.5. The number of ether oxygens (including phenoxy) is 2. The second-order valence-electron chi connectivity index (χ2n) is 9.05. The monoisotopic (exact) mass is 503 g/mol. The fraction of sp³-hybridized carbons (Fsp3) is 0.310. The molecule has 0 saturated carbocycles. The predicted molar refractivity (Wildman–Crippen MR) is 140 cm³/mol. The third-order valence-corrected chi connectivity index (χ3v) is 7.10. The highest BCUT2D eigenvalue weighted by Crippen LogP contribution is 2.36. The largest absolute Gasteiger partial charge is 0.493 e. The molecule has 1 aliphatic rings. The lowest BCUT2D eigenvalue weighted by Crippen LogP contribution is -2.41. The van der Waals surface area contributed by atoms with Crippen LogP contribution in [-0.4, -0.2) is 38.1 Å². The van der Waals surface area contributed by atoms with Gasteiger partial charge in [0.2, 0.25) is 0 Å². The van der Waals surface area contributed by atoms with Crippen LogP contribution in [0.1, 0.15) is 39.9 Å². The Hall–Kier alpha value is -3.53.